The Labute approximate surface area is 71.6 Å². The third-order valence-electron chi connectivity index (χ3n) is 1.99. The van der Waals surface area contributed by atoms with Crippen LogP contribution in [0.25, 0.3) is 0 Å². The third kappa shape index (κ3) is 1.00. The Morgan fingerprint density at radius 1 is 1.67 bits per heavy atom. The van der Waals surface area contributed by atoms with Crippen LogP contribution in [0.5, 0.6) is 0 Å². The van der Waals surface area contributed by atoms with Crippen LogP contribution in [-0.4, -0.2) is 24.4 Å². The highest BCUT2D eigenvalue weighted by molar-refractivity contribution is 5.94. The van der Waals surface area contributed by atoms with Crippen molar-refractivity contribution in [3.8, 4) is 0 Å². The maximum absolute atomic E-state index is 4.41. The van der Waals surface area contributed by atoms with E-state index in [4.69, 9.17) is 0 Å². The number of amidine groups is 1. The summed E-state index contributed by atoms with van der Waals surface area (Å²) in [6.45, 7) is 2.97. The standard InChI is InChI=1S/C8H12N4/c1-6-5-10-12-4-3-7(9-2)11-8(6)12/h3-4,10H,5H2,1-2H3,(H,9,11). The van der Waals surface area contributed by atoms with E-state index in [1.807, 2.05) is 24.3 Å². The first-order valence-corrected chi connectivity index (χ1v) is 3.98. The molecular weight excluding hydrogens is 152 g/mol. The normalized spacial score (nSPS) is 21.2. The van der Waals surface area contributed by atoms with E-state index in [-0.39, 0.29) is 0 Å². The molecule has 0 unspecified atom stereocenters. The zero-order valence-electron chi connectivity index (χ0n) is 7.26. The minimum Gasteiger partial charge on any atom is -0.373 e. The molecule has 0 aromatic rings. The molecule has 12 heavy (non-hydrogen) atoms. The van der Waals surface area contributed by atoms with E-state index in [1.54, 1.807) is 0 Å². The molecule has 2 rings (SSSR count). The molecule has 2 aliphatic heterocycles. The molecule has 2 heterocycles. The maximum Gasteiger partial charge on any atom is 0.149 e. The average molecular weight is 164 g/mol. The summed E-state index contributed by atoms with van der Waals surface area (Å²) in [5.74, 6) is 1.92. The second-order valence-corrected chi connectivity index (χ2v) is 2.87. The quantitative estimate of drug-likeness (QED) is 0.536. The van der Waals surface area contributed by atoms with E-state index in [9.17, 15) is 0 Å². The van der Waals surface area contributed by atoms with Crippen LogP contribution in [0.15, 0.2) is 28.7 Å². The van der Waals surface area contributed by atoms with Crippen molar-refractivity contribution in [1.82, 2.24) is 15.8 Å². The van der Waals surface area contributed by atoms with Crippen molar-refractivity contribution < 1.29 is 0 Å². The van der Waals surface area contributed by atoms with Gasteiger partial charge < -0.3 is 5.32 Å². The molecule has 0 radical (unpaired) electrons. The molecule has 0 fully saturated rings. The Balaban J connectivity index is 2.33. The lowest BCUT2D eigenvalue weighted by molar-refractivity contribution is 0.382. The molecule has 0 amide bonds. The van der Waals surface area contributed by atoms with Crippen LogP contribution >= 0.6 is 0 Å². The number of hydrogen-bond donors (Lipinski definition) is 2. The molecule has 4 heteroatoms. The summed E-state index contributed by atoms with van der Waals surface area (Å²) in [6.07, 6.45) is 3.92. The summed E-state index contributed by atoms with van der Waals surface area (Å²) < 4.78 is 0. The van der Waals surface area contributed by atoms with Gasteiger partial charge in [-0.05, 0) is 18.6 Å². The molecule has 64 valence electrons. The van der Waals surface area contributed by atoms with Gasteiger partial charge in [-0.15, -0.1) is 0 Å². The average Bonchev–Trinajstić information content (AvgIpc) is 2.47. The second kappa shape index (κ2) is 2.64. The van der Waals surface area contributed by atoms with Crippen molar-refractivity contribution in [2.24, 2.45) is 4.99 Å². The first kappa shape index (κ1) is 7.36. The lowest BCUT2D eigenvalue weighted by Crippen LogP contribution is -2.30. The number of fused-ring (bicyclic) bond motifs is 1. The van der Waals surface area contributed by atoms with Gasteiger partial charge in [0, 0.05) is 19.8 Å². The molecule has 0 aliphatic carbocycles. The van der Waals surface area contributed by atoms with Crippen LogP contribution in [0.3, 0.4) is 0 Å². The second-order valence-electron chi connectivity index (χ2n) is 2.87. The van der Waals surface area contributed by atoms with Gasteiger partial charge in [0.25, 0.3) is 0 Å². The van der Waals surface area contributed by atoms with Crippen LogP contribution in [-0.2, 0) is 0 Å². The first-order chi connectivity index (χ1) is 5.81. The van der Waals surface area contributed by atoms with Crippen molar-refractivity contribution in [3.05, 3.63) is 23.7 Å². The Bertz CT molecular complexity index is 287. The zero-order valence-corrected chi connectivity index (χ0v) is 7.26. The summed E-state index contributed by atoms with van der Waals surface area (Å²) in [7, 11) is 1.87. The molecular formula is C8H12N4. The van der Waals surface area contributed by atoms with Gasteiger partial charge in [0.15, 0.2) is 0 Å². The fourth-order valence-corrected chi connectivity index (χ4v) is 1.27. The molecule has 0 bridgehead atoms. The minimum absolute atomic E-state index is 0.889. The topological polar surface area (TPSA) is 39.7 Å². The SMILES string of the molecule is CNC1=NC2=C(C)CNN2C=C1. The van der Waals surface area contributed by atoms with Gasteiger partial charge in [0.1, 0.15) is 11.7 Å². The van der Waals surface area contributed by atoms with Crippen molar-refractivity contribution in [1.29, 1.82) is 0 Å². The molecule has 0 saturated heterocycles. The molecule has 2 aliphatic rings. The number of rotatable bonds is 0. The molecule has 0 saturated carbocycles. The number of likely N-dealkylation sites (N-methyl/N-ethyl adjacent to an activating group) is 1. The molecule has 2 N–H and O–H groups in total. The summed E-state index contributed by atoms with van der Waals surface area (Å²) in [5, 5.41) is 4.95. The fourth-order valence-electron chi connectivity index (χ4n) is 1.27. The van der Waals surface area contributed by atoms with Gasteiger partial charge in [0.05, 0.1) is 0 Å². The lowest BCUT2D eigenvalue weighted by Gasteiger charge is -2.18. The van der Waals surface area contributed by atoms with Gasteiger partial charge in [0.2, 0.25) is 0 Å². The number of hydrazine groups is 1. The highest BCUT2D eigenvalue weighted by Gasteiger charge is 2.19. The van der Waals surface area contributed by atoms with E-state index >= 15 is 0 Å². The maximum atomic E-state index is 4.41. The summed E-state index contributed by atoms with van der Waals surface area (Å²) in [6, 6.07) is 0. The monoisotopic (exact) mass is 164 g/mol. The van der Waals surface area contributed by atoms with E-state index < -0.39 is 0 Å². The predicted octanol–water partition coefficient (Wildman–Crippen LogP) is 0.183. The molecule has 0 atom stereocenters. The number of aliphatic imine (C=N–C) groups is 1. The summed E-state index contributed by atoms with van der Waals surface area (Å²) in [4.78, 5) is 4.41. The lowest BCUT2D eigenvalue weighted by atomic mass is 10.3. The van der Waals surface area contributed by atoms with Crippen LogP contribution in [0.2, 0.25) is 0 Å². The van der Waals surface area contributed by atoms with E-state index in [1.165, 1.54) is 5.57 Å². The van der Waals surface area contributed by atoms with E-state index in [0.717, 1.165) is 18.2 Å². The highest BCUT2D eigenvalue weighted by Crippen LogP contribution is 2.18. The molecule has 0 aromatic carbocycles. The predicted molar refractivity (Wildman–Crippen MR) is 48.2 cm³/mol. The molecule has 0 spiro atoms. The van der Waals surface area contributed by atoms with Crippen LogP contribution in [0, 0.1) is 0 Å². The van der Waals surface area contributed by atoms with Crippen LogP contribution in [0.4, 0.5) is 0 Å². The number of hydrogen-bond acceptors (Lipinski definition) is 4. The van der Waals surface area contributed by atoms with E-state index in [2.05, 4.69) is 22.7 Å². The van der Waals surface area contributed by atoms with Crippen molar-refractivity contribution in [2.45, 2.75) is 6.92 Å². The smallest absolute Gasteiger partial charge is 0.149 e. The van der Waals surface area contributed by atoms with Gasteiger partial charge in [-0.25, -0.2) is 10.4 Å². The first-order valence-electron chi connectivity index (χ1n) is 3.98. The highest BCUT2D eigenvalue weighted by atomic mass is 15.6. The van der Waals surface area contributed by atoms with Gasteiger partial charge in [-0.2, -0.15) is 0 Å². The zero-order chi connectivity index (χ0) is 8.55. The summed E-state index contributed by atoms with van der Waals surface area (Å²) >= 11 is 0. The van der Waals surface area contributed by atoms with Crippen molar-refractivity contribution in [3.63, 3.8) is 0 Å². The molecule has 4 nitrogen and oxygen atoms in total. The van der Waals surface area contributed by atoms with Gasteiger partial charge in [-0.1, -0.05) is 0 Å². The Morgan fingerprint density at radius 2 is 2.50 bits per heavy atom. The van der Waals surface area contributed by atoms with Crippen LogP contribution in [0.1, 0.15) is 6.92 Å². The number of nitrogens with one attached hydrogen (secondary N) is 2. The third-order valence-corrected chi connectivity index (χ3v) is 1.99. The largest absolute Gasteiger partial charge is 0.373 e. The Morgan fingerprint density at radius 3 is 3.25 bits per heavy atom. The Kier molecular flexibility index (Phi) is 1.62. The minimum atomic E-state index is 0.889. The fraction of sp³-hybridized carbons (Fsp3) is 0.375. The Hall–Kier alpha value is -1.29. The van der Waals surface area contributed by atoms with Crippen LogP contribution < -0.4 is 10.7 Å². The molecule has 0 aromatic heterocycles. The van der Waals surface area contributed by atoms with Crippen molar-refractivity contribution >= 4 is 5.84 Å². The summed E-state index contributed by atoms with van der Waals surface area (Å²) in [5.41, 5.74) is 4.46. The van der Waals surface area contributed by atoms with Gasteiger partial charge >= 0.3 is 0 Å². The van der Waals surface area contributed by atoms with Gasteiger partial charge in [-0.3, -0.25) is 5.01 Å². The number of nitrogens with zero attached hydrogens (tertiary/aromatic N) is 2. The van der Waals surface area contributed by atoms with E-state index in [0.29, 0.717) is 0 Å². The van der Waals surface area contributed by atoms with Crippen molar-refractivity contribution in [2.75, 3.05) is 13.6 Å².